The van der Waals surface area contributed by atoms with Gasteiger partial charge < -0.3 is 15.0 Å². The number of aromatic nitrogens is 1. The molecule has 1 amide bonds. The molecule has 0 aliphatic carbocycles. The Bertz CT molecular complexity index is 883. The van der Waals surface area contributed by atoms with Crippen LogP contribution in [0.3, 0.4) is 0 Å². The fourth-order valence-electron chi connectivity index (χ4n) is 3.14. The molecule has 0 spiro atoms. The molecule has 1 aliphatic heterocycles. The van der Waals surface area contributed by atoms with Crippen molar-refractivity contribution < 1.29 is 35.9 Å². The van der Waals surface area contributed by atoms with Crippen molar-refractivity contribution in [1.29, 1.82) is 0 Å². The van der Waals surface area contributed by atoms with Crippen LogP contribution in [0.25, 0.3) is 0 Å². The van der Waals surface area contributed by atoms with Crippen LogP contribution in [0.15, 0.2) is 42.7 Å². The van der Waals surface area contributed by atoms with Gasteiger partial charge in [-0.15, -0.1) is 13.2 Å². The molecule has 1 saturated heterocycles. The number of halogens is 6. The summed E-state index contributed by atoms with van der Waals surface area (Å²) in [5.41, 5.74) is -0.0220. The lowest BCUT2D eigenvalue weighted by atomic mass is 10.1. The summed E-state index contributed by atoms with van der Waals surface area (Å²) in [5.74, 6) is -0.721. The predicted octanol–water partition coefficient (Wildman–Crippen LogP) is 3.94. The number of pyridine rings is 1. The Morgan fingerprint density at radius 1 is 1.13 bits per heavy atom. The average Bonchev–Trinajstić information content (AvgIpc) is 3.10. The monoisotopic (exact) mass is 433 g/mol. The zero-order chi connectivity index (χ0) is 21.9. The molecule has 0 bridgehead atoms. The highest BCUT2D eigenvalue weighted by atomic mass is 19.4. The van der Waals surface area contributed by atoms with Crippen LogP contribution in [0.5, 0.6) is 5.75 Å². The standard InChI is InChI=1S/C19H17F6N3O2/c20-18(21,22)13-8-15(10-26-9-13)28-6-5-14(11-28)27-17(29)7-12-1-3-16(4-2-12)30-19(23,24)25/h1-4,8-10,14H,5-7,11H2,(H,27,29)/t14-/m1/s1. The molecule has 162 valence electrons. The first-order chi connectivity index (χ1) is 14.0. The fraction of sp³-hybridized carbons (Fsp3) is 0.368. The quantitative estimate of drug-likeness (QED) is 0.726. The highest BCUT2D eigenvalue weighted by molar-refractivity contribution is 5.79. The van der Waals surface area contributed by atoms with E-state index in [2.05, 4.69) is 15.0 Å². The highest BCUT2D eigenvalue weighted by Gasteiger charge is 2.33. The van der Waals surface area contributed by atoms with E-state index in [-0.39, 0.29) is 24.1 Å². The topological polar surface area (TPSA) is 54.5 Å². The maximum atomic E-state index is 12.8. The molecule has 1 aliphatic rings. The molecule has 5 nitrogen and oxygen atoms in total. The van der Waals surface area contributed by atoms with E-state index in [0.717, 1.165) is 24.4 Å². The number of carbonyl (C=O) groups excluding carboxylic acids is 1. The van der Waals surface area contributed by atoms with Crippen molar-refractivity contribution in [2.45, 2.75) is 31.4 Å². The van der Waals surface area contributed by atoms with E-state index in [0.29, 0.717) is 30.8 Å². The number of nitrogens with one attached hydrogen (secondary N) is 1. The second kappa shape index (κ2) is 8.41. The molecule has 1 aromatic heterocycles. The van der Waals surface area contributed by atoms with Gasteiger partial charge in [0.25, 0.3) is 0 Å². The van der Waals surface area contributed by atoms with Crippen molar-refractivity contribution in [1.82, 2.24) is 10.3 Å². The number of ether oxygens (including phenoxy) is 1. The van der Waals surface area contributed by atoms with Gasteiger partial charge in [-0.3, -0.25) is 9.78 Å². The third-order valence-electron chi connectivity index (χ3n) is 4.49. The minimum absolute atomic E-state index is 0.0477. The van der Waals surface area contributed by atoms with Crippen molar-refractivity contribution in [3.63, 3.8) is 0 Å². The first-order valence-corrected chi connectivity index (χ1v) is 8.91. The summed E-state index contributed by atoms with van der Waals surface area (Å²) in [6, 6.07) is 5.70. The first kappa shape index (κ1) is 21.7. The van der Waals surface area contributed by atoms with Gasteiger partial charge in [0, 0.05) is 25.3 Å². The summed E-state index contributed by atoms with van der Waals surface area (Å²) >= 11 is 0. The molecule has 1 N–H and O–H groups in total. The van der Waals surface area contributed by atoms with Crippen LogP contribution in [0.2, 0.25) is 0 Å². The number of alkyl halides is 6. The zero-order valence-corrected chi connectivity index (χ0v) is 15.4. The lowest BCUT2D eigenvalue weighted by Crippen LogP contribution is -2.38. The van der Waals surface area contributed by atoms with Gasteiger partial charge in [-0.2, -0.15) is 13.2 Å². The molecule has 11 heteroatoms. The van der Waals surface area contributed by atoms with Crippen LogP contribution < -0.4 is 15.0 Å². The van der Waals surface area contributed by atoms with Gasteiger partial charge in [0.1, 0.15) is 5.75 Å². The Hall–Kier alpha value is -2.98. The van der Waals surface area contributed by atoms with E-state index >= 15 is 0 Å². The Balaban J connectivity index is 1.52. The smallest absolute Gasteiger partial charge is 0.406 e. The summed E-state index contributed by atoms with van der Waals surface area (Å²) in [6.07, 6.45) is -6.69. The van der Waals surface area contributed by atoms with Crippen molar-refractivity contribution in [2.24, 2.45) is 0 Å². The molecule has 2 aromatic rings. The molecular formula is C19H17F6N3O2. The maximum Gasteiger partial charge on any atom is 0.573 e. The summed E-state index contributed by atoms with van der Waals surface area (Å²) < 4.78 is 78.8. The lowest BCUT2D eigenvalue weighted by Gasteiger charge is -2.20. The van der Waals surface area contributed by atoms with Gasteiger partial charge in [0.05, 0.1) is 23.9 Å². The molecule has 1 aromatic carbocycles. The number of benzene rings is 1. The summed E-state index contributed by atoms with van der Waals surface area (Å²) in [7, 11) is 0. The second-order valence-corrected chi connectivity index (χ2v) is 6.80. The zero-order valence-electron chi connectivity index (χ0n) is 15.4. The summed E-state index contributed by atoms with van der Waals surface area (Å²) in [4.78, 5) is 17.6. The molecule has 1 atom stereocenters. The highest BCUT2D eigenvalue weighted by Crippen LogP contribution is 2.31. The normalized spacial score (nSPS) is 17.1. The van der Waals surface area contributed by atoms with E-state index in [1.54, 1.807) is 4.90 Å². The molecule has 30 heavy (non-hydrogen) atoms. The molecule has 3 rings (SSSR count). The van der Waals surface area contributed by atoms with Crippen molar-refractivity contribution in [3.05, 3.63) is 53.9 Å². The first-order valence-electron chi connectivity index (χ1n) is 8.91. The van der Waals surface area contributed by atoms with Crippen LogP contribution in [0.4, 0.5) is 32.0 Å². The van der Waals surface area contributed by atoms with E-state index in [1.165, 1.54) is 18.3 Å². The number of rotatable bonds is 5. The molecule has 0 saturated carbocycles. The van der Waals surface area contributed by atoms with Crippen LogP contribution >= 0.6 is 0 Å². The maximum absolute atomic E-state index is 12.8. The average molecular weight is 433 g/mol. The molecule has 1 fully saturated rings. The Morgan fingerprint density at radius 2 is 1.83 bits per heavy atom. The Labute approximate surface area is 167 Å². The van der Waals surface area contributed by atoms with Crippen molar-refractivity contribution in [3.8, 4) is 5.75 Å². The van der Waals surface area contributed by atoms with Crippen LogP contribution in [-0.2, 0) is 17.4 Å². The van der Waals surface area contributed by atoms with E-state index < -0.39 is 18.1 Å². The van der Waals surface area contributed by atoms with E-state index in [4.69, 9.17) is 0 Å². The van der Waals surface area contributed by atoms with Gasteiger partial charge in [-0.25, -0.2) is 0 Å². The number of hydrogen-bond donors (Lipinski definition) is 1. The number of nitrogens with zero attached hydrogens (tertiary/aromatic N) is 2. The number of hydrogen-bond acceptors (Lipinski definition) is 4. The van der Waals surface area contributed by atoms with Crippen LogP contribution in [-0.4, -0.2) is 36.4 Å². The molecular weight excluding hydrogens is 416 g/mol. The van der Waals surface area contributed by atoms with Gasteiger partial charge in [0.2, 0.25) is 5.91 Å². The summed E-state index contributed by atoms with van der Waals surface area (Å²) in [5, 5.41) is 2.79. The van der Waals surface area contributed by atoms with Crippen LogP contribution in [0.1, 0.15) is 17.5 Å². The SMILES string of the molecule is O=C(Cc1ccc(OC(F)(F)F)cc1)N[C@@H]1CCN(c2cncc(C(F)(F)F)c2)C1. The molecule has 0 unspecified atom stereocenters. The van der Waals surface area contributed by atoms with E-state index in [1.807, 2.05) is 0 Å². The van der Waals surface area contributed by atoms with E-state index in [9.17, 15) is 31.1 Å². The van der Waals surface area contributed by atoms with Crippen molar-refractivity contribution >= 4 is 11.6 Å². The van der Waals surface area contributed by atoms with Gasteiger partial charge in [-0.05, 0) is 30.2 Å². The Morgan fingerprint density at radius 3 is 2.47 bits per heavy atom. The second-order valence-electron chi connectivity index (χ2n) is 6.80. The number of amides is 1. The largest absolute Gasteiger partial charge is 0.573 e. The number of anilines is 1. The minimum Gasteiger partial charge on any atom is -0.406 e. The lowest BCUT2D eigenvalue weighted by molar-refractivity contribution is -0.274. The summed E-state index contributed by atoms with van der Waals surface area (Å²) in [6.45, 7) is 0.782. The minimum atomic E-state index is -4.79. The number of carbonyl (C=O) groups is 1. The molecule has 0 radical (unpaired) electrons. The Kier molecular flexibility index (Phi) is 6.09. The van der Waals surface area contributed by atoms with Gasteiger partial charge >= 0.3 is 12.5 Å². The van der Waals surface area contributed by atoms with Crippen LogP contribution in [0, 0.1) is 0 Å². The third-order valence-corrected chi connectivity index (χ3v) is 4.49. The predicted molar refractivity (Wildman–Crippen MR) is 94.8 cm³/mol. The third kappa shape index (κ3) is 6.01. The van der Waals surface area contributed by atoms with Gasteiger partial charge in [0.15, 0.2) is 0 Å². The fourth-order valence-corrected chi connectivity index (χ4v) is 3.14. The molecule has 2 heterocycles. The van der Waals surface area contributed by atoms with Crippen molar-refractivity contribution in [2.75, 3.05) is 18.0 Å². The van der Waals surface area contributed by atoms with Gasteiger partial charge in [-0.1, -0.05) is 12.1 Å².